The van der Waals surface area contributed by atoms with E-state index in [0.29, 0.717) is 0 Å². The first-order valence-electron chi connectivity index (χ1n) is 10.8. The van der Waals surface area contributed by atoms with Gasteiger partial charge in [0.2, 0.25) is 0 Å². The summed E-state index contributed by atoms with van der Waals surface area (Å²) in [6, 6.07) is 35.7. The Balaban J connectivity index is 1.74. The third-order valence-corrected chi connectivity index (χ3v) is 10.7. The van der Waals surface area contributed by atoms with Crippen LogP contribution in [0.1, 0.15) is 18.1 Å². The number of benzene rings is 4. The quantitative estimate of drug-likeness (QED) is 0.302. The Hall–Kier alpha value is -2.90. The Bertz CT molecular complexity index is 1130. The smallest absolute Gasteiger partial charge is 0.0609 e. The zero-order valence-electron chi connectivity index (χ0n) is 18.2. The van der Waals surface area contributed by atoms with Crippen LogP contribution in [0.4, 0.5) is 0 Å². The molecule has 4 aromatic carbocycles. The topological polar surface area (TPSA) is 0 Å². The van der Waals surface area contributed by atoms with Crippen LogP contribution in [-0.2, 0) is 5.04 Å². The molecule has 0 radical (unpaired) electrons. The number of rotatable bonds is 3. The van der Waals surface area contributed by atoms with Crippen LogP contribution in [0.3, 0.4) is 0 Å². The van der Waals surface area contributed by atoms with Crippen molar-refractivity contribution in [2.45, 2.75) is 31.6 Å². The maximum atomic E-state index is 2.51. The Labute approximate surface area is 181 Å². The van der Waals surface area contributed by atoms with Crippen molar-refractivity contribution in [3.8, 4) is 33.4 Å². The molecule has 1 aliphatic carbocycles. The molecule has 0 aromatic heterocycles. The van der Waals surface area contributed by atoms with E-state index in [-0.39, 0.29) is 5.04 Å². The molecule has 0 saturated heterocycles. The van der Waals surface area contributed by atoms with Gasteiger partial charge in [0.15, 0.2) is 0 Å². The Morgan fingerprint density at radius 1 is 0.500 bits per heavy atom. The molecule has 0 atom stereocenters. The van der Waals surface area contributed by atoms with E-state index < -0.39 is 8.07 Å². The molecular formula is C29H28Si. The van der Waals surface area contributed by atoms with Crippen LogP contribution in [-0.4, -0.2) is 8.07 Å². The lowest BCUT2D eigenvalue weighted by Gasteiger charge is -2.39. The highest BCUT2D eigenvalue weighted by Gasteiger charge is 2.48. The van der Waals surface area contributed by atoms with E-state index in [2.05, 4.69) is 124 Å². The van der Waals surface area contributed by atoms with E-state index in [1.165, 1.54) is 44.5 Å². The summed E-state index contributed by atoms with van der Waals surface area (Å²) in [5, 5.41) is 0.0766. The molecule has 0 nitrogen and oxygen atoms in total. The highest BCUT2D eigenvalue weighted by Crippen LogP contribution is 2.54. The van der Waals surface area contributed by atoms with Gasteiger partial charge in [0.1, 0.15) is 0 Å². The van der Waals surface area contributed by atoms with Crippen LogP contribution in [0, 0.1) is 0 Å². The minimum Gasteiger partial charge on any atom is -0.0686 e. The number of fused-ring (bicyclic) bond motifs is 3. The van der Waals surface area contributed by atoms with Crippen LogP contribution in [0.2, 0.25) is 19.6 Å². The molecule has 5 rings (SSSR count). The van der Waals surface area contributed by atoms with Crippen molar-refractivity contribution in [1.29, 1.82) is 0 Å². The van der Waals surface area contributed by atoms with Crippen LogP contribution < -0.4 is 0 Å². The van der Waals surface area contributed by atoms with Crippen molar-refractivity contribution in [3.05, 3.63) is 108 Å². The molecule has 1 aliphatic rings. The molecular weight excluding hydrogens is 376 g/mol. The van der Waals surface area contributed by atoms with Crippen molar-refractivity contribution in [1.82, 2.24) is 0 Å². The zero-order valence-corrected chi connectivity index (χ0v) is 19.2. The van der Waals surface area contributed by atoms with E-state index >= 15 is 0 Å². The van der Waals surface area contributed by atoms with Gasteiger partial charge in [-0.1, -0.05) is 111 Å². The van der Waals surface area contributed by atoms with Crippen LogP contribution in [0.15, 0.2) is 97.1 Å². The molecule has 0 fully saturated rings. The van der Waals surface area contributed by atoms with Crippen LogP contribution >= 0.6 is 0 Å². The molecule has 0 N–H and O–H groups in total. The van der Waals surface area contributed by atoms with Crippen molar-refractivity contribution in [2.24, 2.45) is 0 Å². The van der Waals surface area contributed by atoms with E-state index in [0.717, 1.165) is 0 Å². The second-order valence-electron chi connectivity index (χ2n) is 9.63. The van der Waals surface area contributed by atoms with E-state index in [9.17, 15) is 0 Å². The molecule has 0 amide bonds. The maximum Gasteiger partial charge on any atom is 0.0609 e. The van der Waals surface area contributed by atoms with Gasteiger partial charge in [-0.2, -0.15) is 0 Å². The highest BCUT2D eigenvalue weighted by molar-refractivity contribution is 6.80. The second-order valence-corrected chi connectivity index (χ2v) is 15.1. The van der Waals surface area contributed by atoms with Gasteiger partial charge in [-0.25, -0.2) is 0 Å². The summed E-state index contributed by atoms with van der Waals surface area (Å²) in [4.78, 5) is 0. The lowest BCUT2D eigenvalue weighted by molar-refractivity contribution is 0.800. The van der Waals surface area contributed by atoms with Crippen molar-refractivity contribution in [2.75, 3.05) is 0 Å². The zero-order chi connectivity index (χ0) is 20.9. The summed E-state index contributed by atoms with van der Waals surface area (Å²) in [6.07, 6.45) is 0. The predicted molar refractivity (Wildman–Crippen MR) is 133 cm³/mol. The fourth-order valence-corrected chi connectivity index (χ4v) is 6.99. The lowest BCUT2D eigenvalue weighted by atomic mass is 9.93. The molecule has 0 bridgehead atoms. The van der Waals surface area contributed by atoms with Gasteiger partial charge in [-0.3, -0.25) is 0 Å². The van der Waals surface area contributed by atoms with E-state index in [1.807, 2.05) is 0 Å². The first-order valence-corrected chi connectivity index (χ1v) is 14.3. The minimum absolute atomic E-state index is 0.0766. The van der Waals surface area contributed by atoms with Gasteiger partial charge in [0, 0.05) is 5.04 Å². The number of hydrogen-bond acceptors (Lipinski definition) is 0. The molecule has 0 saturated carbocycles. The summed E-state index contributed by atoms with van der Waals surface area (Å²) in [7, 11) is -1.60. The van der Waals surface area contributed by atoms with Gasteiger partial charge in [-0.15, -0.1) is 0 Å². The Morgan fingerprint density at radius 2 is 0.900 bits per heavy atom. The standard InChI is InChI=1S/C29H28Si/c1-29(30(2,3)4)27-19-23(21-11-7-5-8-12-21)15-17-25(27)26-18-16-24(20-28(26)29)22-13-9-6-10-14-22/h5-20H,1-4H3. The molecule has 4 aromatic rings. The summed E-state index contributed by atoms with van der Waals surface area (Å²) < 4.78 is 0. The third kappa shape index (κ3) is 2.80. The van der Waals surface area contributed by atoms with Crippen molar-refractivity contribution < 1.29 is 0 Å². The second kappa shape index (κ2) is 6.82. The van der Waals surface area contributed by atoms with Gasteiger partial charge in [0.25, 0.3) is 0 Å². The molecule has 0 unspecified atom stereocenters. The normalized spacial score (nSPS) is 14.3. The van der Waals surface area contributed by atoms with E-state index in [4.69, 9.17) is 0 Å². The maximum absolute atomic E-state index is 2.51. The van der Waals surface area contributed by atoms with Crippen molar-refractivity contribution in [3.63, 3.8) is 0 Å². The summed E-state index contributed by atoms with van der Waals surface area (Å²) in [6.45, 7) is 10.0. The monoisotopic (exact) mass is 404 g/mol. The molecule has 0 aliphatic heterocycles. The fourth-order valence-electron chi connectivity index (χ4n) is 4.96. The third-order valence-electron chi connectivity index (χ3n) is 7.12. The average molecular weight is 405 g/mol. The first kappa shape index (κ1) is 19.1. The van der Waals surface area contributed by atoms with Crippen molar-refractivity contribution >= 4 is 8.07 Å². The molecule has 30 heavy (non-hydrogen) atoms. The van der Waals surface area contributed by atoms with Gasteiger partial charge < -0.3 is 0 Å². The van der Waals surface area contributed by atoms with Gasteiger partial charge >= 0.3 is 0 Å². The van der Waals surface area contributed by atoms with Crippen LogP contribution in [0.5, 0.6) is 0 Å². The van der Waals surface area contributed by atoms with E-state index in [1.54, 1.807) is 0 Å². The first-order chi connectivity index (χ1) is 14.4. The molecule has 1 heteroatoms. The molecule has 148 valence electrons. The SMILES string of the molecule is CC1([Si](C)(C)C)c2cc(-c3ccccc3)ccc2-c2ccc(-c3ccccc3)cc21. The Morgan fingerprint density at radius 3 is 1.27 bits per heavy atom. The fraction of sp³-hybridized carbons (Fsp3) is 0.172. The summed E-state index contributed by atoms with van der Waals surface area (Å²) in [5.74, 6) is 0. The minimum atomic E-state index is -1.60. The number of hydrogen-bond donors (Lipinski definition) is 0. The Kier molecular flexibility index (Phi) is 4.34. The van der Waals surface area contributed by atoms with Gasteiger partial charge in [-0.05, 0) is 56.6 Å². The molecule has 0 heterocycles. The van der Waals surface area contributed by atoms with Crippen LogP contribution in [0.25, 0.3) is 33.4 Å². The summed E-state index contributed by atoms with van der Waals surface area (Å²) >= 11 is 0. The lowest BCUT2D eigenvalue weighted by Crippen LogP contribution is -2.46. The average Bonchev–Trinajstić information content (AvgIpc) is 3.04. The predicted octanol–water partition coefficient (Wildman–Crippen LogP) is 8.18. The highest BCUT2D eigenvalue weighted by atomic mass is 28.3. The summed E-state index contributed by atoms with van der Waals surface area (Å²) in [5.41, 5.74) is 11.0. The molecule has 0 spiro atoms. The largest absolute Gasteiger partial charge is 0.0686 e. The van der Waals surface area contributed by atoms with Gasteiger partial charge in [0.05, 0.1) is 8.07 Å².